The number of aromatic nitrogens is 1. The van der Waals surface area contributed by atoms with Gasteiger partial charge in [0.15, 0.2) is 11.5 Å². The number of benzene rings is 1. The van der Waals surface area contributed by atoms with Crippen LogP contribution >= 0.6 is 23.2 Å². The van der Waals surface area contributed by atoms with Crippen molar-refractivity contribution in [3.05, 3.63) is 46.2 Å². The third-order valence-corrected chi connectivity index (χ3v) is 4.68. The summed E-state index contributed by atoms with van der Waals surface area (Å²) in [6, 6.07) is 4.01. The fourth-order valence-electron chi connectivity index (χ4n) is 2.84. The fourth-order valence-corrected chi connectivity index (χ4v) is 3.30. The van der Waals surface area contributed by atoms with Crippen molar-refractivity contribution in [3.8, 4) is 11.5 Å². The molecule has 1 aromatic heterocycles. The van der Waals surface area contributed by atoms with Gasteiger partial charge in [-0.1, -0.05) is 23.2 Å². The van der Waals surface area contributed by atoms with E-state index in [-0.39, 0.29) is 38.9 Å². The summed E-state index contributed by atoms with van der Waals surface area (Å²) < 4.78 is 35.6. The average molecular weight is 417 g/mol. The molecule has 2 aromatic rings. The normalized spacial score (nSPS) is 14.4. The molecule has 5 nitrogen and oxygen atoms in total. The molecule has 27 heavy (non-hydrogen) atoms. The number of hydrogen-bond donors (Lipinski definition) is 1. The van der Waals surface area contributed by atoms with Crippen molar-refractivity contribution < 1.29 is 23.0 Å². The zero-order chi connectivity index (χ0) is 19.4. The third kappa shape index (κ3) is 4.99. The van der Waals surface area contributed by atoms with Crippen LogP contribution in [-0.4, -0.2) is 23.6 Å². The van der Waals surface area contributed by atoms with Crippen molar-refractivity contribution in [2.75, 3.05) is 5.32 Å². The van der Waals surface area contributed by atoms with Crippen molar-refractivity contribution in [1.82, 2.24) is 4.98 Å². The maximum Gasteiger partial charge on any atom is 0.387 e. The second kappa shape index (κ2) is 8.71. The number of carbonyl (C=O) groups is 1. The number of carbonyl (C=O) groups excluding carboxylic acids is 1. The van der Waals surface area contributed by atoms with Crippen LogP contribution in [0.15, 0.2) is 30.6 Å². The summed E-state index contributed by atoms with van der Waals surface area (Å²) in [5, 5.41) is 2.94. The molecular formula is C18H16Cl2F2N2O3. The SMILES string of the molecule is O=C(Nc1c(Cl)cncc1Cl)c1ccc(OC(F)F)c(OC2CCCC2)c1. The summed E-state index contributed by atoms with van der Waals surface area (Å²) in [7, 11) is 0. The van der Waals surface area contributed by atoms with Crippen molar-refractivity contribution in [3.63, 3.8) is 0 Å². The Morgan fingerprint density at radius 2 is 1.81 bits per heavy atom. The molecule has 3 rings (SSSR count). The summed E-state index contributed by atoms with van der Waals surface area (Å²) in [4.78, 5) is 16.4. The lowest BCUT2D eigenvalue weighted by molar-refractivity contribution is -0.0520. The third-order valence-electron chi connectivity index (χ3n) is 4.11. The molecule has 144 valence electrons. The van der Waals surface area contributed by atoms with E-state index >= 15 is 0 Å². The van der Waals surface area contributed by atoms with Crippen LogP contribution in [-0.2, 0) is 0 Å². The van der Waals surface area contributed by atoms with Gasteiger partial charge in [0.2, 0.25) is 0 Å². The molecule has 0 saturated heterocycles. The van der Waals surface area contributed by atoms with Crippen molar-refractivity contribution >= 4 is 34.8 Å². The van der Waals surface area contributed by atoms with E-state index < -0.39 is 12.5 Å². The molecule has 0 radical (unpaired) electrons. The number of pyridine rings is 1. The molecule has 0 atom stereocenters. The van der Waals surface area contributed by atoms with Gasteiger partial charge in [-0.2, -0.15) is 8.78 Å². The molecule has 1 aliphatic rings. The Kier molecular flexibility index (Phi) is 6.34. The van der Waals surface area contributed by atoms with Gasteiger partial charge in [0.1, 0.15) is 0 Å². The maximum atomic E-state index is 12.7. The Labute approximate surface area is 164 Å². The zero-order valence-corrected chi connectivity index (χ0v) is 15.6. The minimum atomic E-state index is -3.00. The number of nitrogens with one attached hydrogen (secondary N) is 1. The molecule has 0 unspecified atom stereocenters. The van der Waals surface area contributed by atoms with Crippen molar-refractivity contribution in [2.45, 2.75) is 38.4 Å². The molecule has 1 saturated carbocycles. The predicted molar refractivity (Wildman–Crippen MR) is 98.2 cm³/mol. The quantitative estimate of drug-likeness (QED) is 0.668. The first-order valence-electron chi connectivity index (χ1n) is 8.30. The standard InChI is InChI=1S/C18H16Cl2F2N2O3/c19-12-8-23-9-13(20)16(12)24-17(25)10-5-6-14(27-18(21)22)15(7-10)26-11-3-1-2-4-11/h5-9,11,18H,1-4H2,(H,23,24,25). The Bertz CT molecular complexity index is 810. The molecule has 1 fully saturated rings. The van der Waals surface area contributed by atoms with E-state index in [0.29, 0.717) is 0 Å². The van der Waals surface area contributed by atoms with Crippen LogP contribution in [0.5, 0.6) is 11.5 Å². The van der Waals surface area contributed by atoms with Crippen LogP contribution in [0, 0.1) is 0 Å². The minimum Gasteiger partial charge on any atom is -0.487 e. The van der Waals surface area contributed by atoms with Crippen molar-refractivity contribution in [2.24, 2.45) is 0 Å². The zero-order valence-electron chi connectivity index (χ0n) is 14.1. The Morgan fingerprint density at radius 3 is 2.44 bits per heavy atom. The van der Waals surface area contributed by atoms with Crippen LogP contribution in [0.25, 0.3) is 0 Å². The molecule has 1 N–H and O–H groups in total. The lowest BCUT2D eigenvalue weighted by atomic mass is 10.1. The largest absolute Gasteiger partial charge is 0.487 e. The van der Waals surface area contributed by atoms with E-state index in [1.54, 1.807) is 0 Å². The van der Waals surface area contributed by atoms with Crippen molar-refractivity contribution in [1.29, 1.82) is 0 Å². The number of halogens is 4. The average Bonchev–Trinajstić information content (AvgIpc) is 3.12. The van der Waals surface area contributed by atoms with E-state index in [0.717, 1.165) is 25.7 Å². The molecule has 0 aliphatic heterocycles. The predicted octanol–water partition coefficient (Wildman–Crippen LogP) is 5.56. The van der Waals surface area contributed by atoms with E-state index in [4.69, 9.17) is 27.9 Å². The molecule has 9 heteroatoms. The highest BCUT2D eigenvalue weighted by molar-refractivity contribution is 6.39. The van der Waals surface area contributed by atoms with Crippen LogP contribution < -0.4 is 14.8 Å². The van der Waals surface area contributed by atoms with Crippen LogP contribution in [0.2, 0.25) is 10.0 Å². The molecule has 1 aromatic carbocycles. The number of rotatable bonds is 6. The van der Waals surface area contributed by atoms with Gasteiger partial charge in [0.05, 0.1) is 21.8 Å². The van der Waals surface area contributed by atoms with Gasteiger partial charge in [0.25, 0.3) is 5.91 Å². The molecular weight excluding hydrogens is 401 g/mol. The first-order chi connectivity index (χ1) is 12.9. The fraction of sp³-hybridized carbons (Fsp3) is 0.333. The van der Waals surface area contributed by atoms with E-state index in [2.05, 4.69) is 15.0 Å². The van der Waals surface area contributed by atoms with Gasteiger partial charge in [-0.3, -0.25) is 9.78 Å². The number of amides is 1. The van der Waals surface area contributed by atoms with Crippen LogP contribution in [0.4, 0.5) is 14.5 Å². The number of alkyl halides is 2. The number of anilines is 1. The minimum absolute atomic E-state index is 0.0904. The van der Waals surface area contributed by atoms with Gasteiger partial charge in [0, 0.05) is 18.0 Å². The molecule has 1 aliphatic carbocycles. The first-order valence-corrected chi connectivity index (χ1v) is 9.05. The lowest BCUT2D eigenvalue weighted by Crippen LogP contribution is -2.16. The number of hydrogen-bond acceptors (Lipinski definition) is 4. The van der Waals surface area contributed by atoms with Gasteiger partial charge < -0.3 is 14.8 Å². The number of ether oxygens (including phenoxy) is 2. The molecule has 1 amide bonds. The van der Waals surface area contributed by atoms with E-state index in [1.807, 2.05) is 0 Å². The topological polar surface area (TPSA) is 60.5 Å². The van der Waals surface area contributed by atoms with Gasteiger partial charge >= 0.3 is 6.61 Å². The Balaban J connectivity index is 1.84. The second-order valence-electron chi connectivity index (χ2n) is 6.00. The lowest BCUT2D eigenvalue weighted by Gasteiger charge is -2.17. The van der Waals surface area contributed by atoms with Crippen LogP contribution in [0.1, 0.15) is 36.0 Å². The number of nitrogens with zero attached hydrogens (tertiary/aromatic N) is 1. The summed E-state index contributed by atoms with van der Waals surface area (Å²) in [6.07, 6.45) is 6.27. The maximum absolute atomic E-state index is 12.7. The van der Waals surface area contributed by atoms with E-state index in [9.17, 15) is 13.6 Å². The highest BCUT2D eigenvalue weighted by atomic mass is 35.5. The molecule has 1 heterocycles. The monoisotopic (exact) mass is 416 g/mol. The summed E-state index contributed by atoms with van der Waals surface area (Å²) in [5.41, 5.74) is 0.401. The summed E-state index contributed by atoms with van der Waals surface area (Å²) in [6.45, 7) is -3.00. The first kappa shape index (κ1) is 19.6. The molecule has 0 spiro atoms. The van der Waals surface area contributed by atoms with Gasteiger partial charge in [-0.25, -0.2) is 0 Å². The van der Waals surface area contributed by atoms with Crippen LogP contribution in [0.3, 0.4) is 0 Å². The highest BCUT2D eigenvalue weighted by Gasteiger charge is 2.21. The van der Waals surface area contributed by atoms with Gasteiger partial charge in [-0.15, -0.1) is 0 Å². The van der Waals surface area contributed by atoms with E-state index in [1.165, 1.54) is 30.6 Å². The summed E-state index contributed by atoms with van der Waals surface area (Å²) >= 11 is 12.0. The highest BCUT2D eigenvalue weighted by Crippen LogP contribution is 2.34. The Hall–Kier alpha value is -2.12. The Morgan fingerprint density at radius 1 is 1.15 bits per heavy atom. The second-order valence-corrected chi connectivity index (χ2v) is 6.81. The smallest absolute Gasteiger partial charge is 0.387 e. The van der Waals surface area contributed by atoms with Gasteiger partial charge in [-0.05, 0) is 43.9 Å². The summed E-state index contributed by atoms with van der Waals surface area (Å²) in [5.74, 6) is -0.542. The molecule has 0 bridgehead atoms.